The van der Waals surface area contributed by atoms with Crippen molar-refractivity contribution in [2.24, 2.45) is 0 Å². The van der Waals surface area contributed by atoms with Gasteiger partial charge in [-0.3, -0.25) is 9.69 Å². The highest BCUT2D eigenvalue weighted by Gasteiger charge is 2.28. The number of amides is 1. The molecule has 5 nitrogen and oxygen atoms in total. The predicted octanol–water partition coefficient (Wildman–Crippen LogP) is 3.99. The van der Waals surface area contributed by atoms with Crippen LogP contribution in [0.4, 0.5) is 4.39 Å². The average Bonchev–Trinajstić information content (AvgIpc) is 3.16. The van der Waals surface area contributed by atoms with Gasteiger partial charge in [0.15, 0.2) is 5.76 Å². The largest absolute Gasteiger partial charge is 0.486 e. The summed E-state index contributed by atoms with van der Waals surface area (Å²) in [5, 5.41) is 2.97. The normalized spacial score (nSPS) is 15.5. The van der Waals surface area contributed by atoms with Crippen molar-refractivity contribution < 1.29 is 18.3 Å². The first-order chi connectivity index (χ1) is 12.9. The van der Waals surface area contributed by atoms with E-state index in [0.717, 1.165) is 13.1 Å². The van der Waals surface area contributed by atoms with E-state index in [0.29, 0.717) is 18.1 Å². The van der Waals surface area contributed by atoms with E-state index in [-0.39, 0.29) is 29.6 Å². The second-order valence-electron chi connectivity index (χ2n) is 7.55. The zero-order valence-corrected chi connectivity index (χ0v) is 16.0. The minimum Gasteiger partial charge on any atom is -0.486 e. The summed E-state index contributed by atoms with van der Waals surface area (Å²) in [6.45, 7) is 7.21. The maximum atomic E-state index is 12.9. The number of hydrogen-bond donors (Lipinski definition) is 1. The summed E-state index contributed by atoms with van der Waals surface area (Å²) in [6, 6.07) is 9.13. The standard InChI is InChI=1S/C21H27FN2O3/c1-21(2,24-12-4-3-5-13-24)15-23-20(25)19-11-10-18(27-19)14-26-17-8-6-16(22)7-9-17/h6-11H,3-5,12-15H2,1-2H3,(H,23,25). The van der Waals surface area contributed by atoms with Crippen molar-refractivity contribution in [3.8, 4) is 5.75 Å². The van der Waals surface area contributed by atoms with E-state index in [1.807, 2.05) is 0 Å². The second kappa shape index (κ2) is 8.57. The van der Waals surface area contributed by atoms with Gasteiger partial charge in [0, 0.05) is 12.1 Å². The summed E-state index contributed by atoms with van der Waals surface area (Å²) in [6.07, 6.45) is 3.72. The first-order valence-corrected chi connectivity index (χ1v) is 9.44. The summed E-state index contributed by atoms with van der Waals surface area (Å²) in [5.74, 6) is 0.809. The lowest BCUT2D eigenvalue weighted by atomic mass is 9.98. The maximum absolute atomic E-state index is 12.9. The van der Waals surface area contributed by atoms with Gasteiger partial charge in [0.05, 0.1) is 0 Å². The molecule has 0 unspecified atom stereocenters. The molecule has 1 fully saturated rings. The lowest BCUT2D eigenvalue weighted by molar-refractivity contribution is 0.0777. The number of nitrogens with one attached hydrogen (secondary N) is 1. The SMILES string of the molecule is CC(C)(CNC(=O)c1ccc(COc2ccc(F)cc2)o1)N1CCCCC1. The Kier molecular flexibility index (Phi) is 6.16. The van der Waals surface area contributed by atoms with Gasteiger partial charge in [0.2, 0.25) is 0 Å². The average molecular weight is 374 g/mol. The van der Waals surface area contributed by atoms with Crippen LogP contribution in [0.25, 0.3) is 0 Å². The first kappa shape index (κ1) is 19.4. The fourth-order valence-corrected chi connectivity index (χ4v) is 3.26. The lowest BCUT2D eigenvalue weighted by Gasteiger charge is -2.41. The van der Waals surface area contributed by atoms with E-state index in [1.54, 1.807) is 24.3 Å². The number of carbonyl (C=O) groups excluding carboxylic acids is 1. The van der Waals surface area contributed by atoms with Crippen molar-refractivity contribution >= 4 is 5.91 Å². The van der Waals surface area contributed by atoms with Crippen molar-refractivity contribution in [1.82, 2.24) is 10.2 Å². The molecule has 0 atom stereocenters. The third-order valence-corrected chi connectivity index (χ3v) is 4.97. The molecule has 0 radical (unpaired) electrons. The smallest absolute Gasteiger partial charge is 0.287 e. The van der Waals surface area contributed by atoms with Crippen LogP contribution < -0.4 is 10.1 Å². The summed E-state index contributed by atoms with van der Waals surface area (Å²) >= 11 is 0. The molecule has 2 heterocycles. The van der Waals surface area contributed by atoms with Crippen LogP contribution in [0, 0.1) is 5.82 Å². The molecule has 1 aliphatic heterocycles. The van der Waals surface area contributed by atoms with E-state index in [4.69, 9.17) is 9.15 Å². The molecule has 2 aromatic rings. The number of halogens is 1. The van der Waals surface area contributed by atoms with Gasteiger partial charge in [0.1, 0.15) is 23.9 Å². The Labute approximate surface area is 159 Å². The monoisotopic (exact) mass is 374 g/mol. The molecule has 1 aromatic heterocycles. The zero-order valence-electron chi connectivity index (χ0n) is 16.0. The number of furan rings is 1. The van der Waals surface area contributed by atoms with Crippen LogP contribution in [0.15, 0.2) is 40.8 Å². The molecule has 3 rings (SSSR count). The molecule has 1 saturated heterocycles. The van der Waals surface area contributed by atoms with Gasteiger partial charge >= 0.3 is 0 Å². The van der Waals surface area contributed by atoms with Gasteiger partial charge in [-0.1, -0.05) is 6.42 Å². The van der Waals surface area contributed by atoms with Crippen molar-refractivity contribution in [1.29, 1.82) is 0 Å². The molecule has 146 valence electrons. The quantitative estimate of drug-likeness (QED) is 0.796. The maximum Gasteiger partial charge on any atom is 0.287 e. The van der Waals surface area contributed by atoms with Gasteiger partial charge in [-0.2, -0.15) is 0 Å². The predicted molar refractivity (Wildman–Crippen MR) is 101 cm³/mol. The molecule has 0 spiro atoms. The fourth-order valence-electron chi connectivity index (χ4n) is 3.26. The Bertz CT molecular complexity index is 749. The molecular formula is C21H27FN2O3. The molecular weight excluding hydrogens is 347 g/mol. The Morgan fingerprint density at radius 3 is 2.56 bits per heavy atom. The molecule has 6 heteroatoms. The van der Waals surface area contributed by atoms with E-state index >= 15 is 0 Å². The van der Waals surface area contributed by atoms with Crippen molar-refractivity contribution in [2.75, 3.05) is 19.6 Å². The van der Waals surface area contributed by atoms with E-state index < -0.39 is 0 Å². The molecule has 1 N–H and O–H groups in total. The number of hydrogen-bond acceptors (Lipinski definition) is 4. The van der Waals surface area contributed by atoms with Gasteiger partial charge < -0.3 is 14.5 Å². The molecule has 0 aliphatic carbocycles. The molecule has 0 bridgehead atoms. The van der Waals surface area contributed by atoms with Crippen LogP contribution in [-0.4, -0.2) is 36.0 Å². The van der Waals surface area contributed by atoms with Crippen LogP contribution in [0.3, 0.4) is 0 Å². The number of piperidine rings is 1. The van der Waals surface area contributed by atoms with Gasteiger partial charge in [0.25, 0.3) is 5.91 Å². The highest BCUT2D eigenvalue weighted by atomic mass is 19.1. The Morgan fingerprint density at radius 2 is 1.85 bits per heavy atom. The number of nitrogens with zero attached hydrogens (tertiary/aromatic N) is 1. The second-order valence-corrected chi connectivity index (χ2v) is 7.55. The number of ether oxygens (including phenoxy) is 1. The van der Waals surface area contributed by atoms with Gasteiger partial charge in [-0.25, -0.2) is 4.39 Å². The van der Waals surface area contributed by atoms with Crippen LogP contribution in [0.5, 0.6) is 5.75 Å². The van der Waals surface area contributed by atoms with Crippen LogP contribution in [0.1, 0.15) is 49.4 Å². The van der Waals surface area contributed by atoms with E-state index in [9.17, 15) is 9.18 Å². The highest BCUT2D eigenvalue weighted by Crippen LogP contribution is 2.20. The van der Waals surface area contributed by atoms with Crippen LogP contribution in [0.2, 0.25) is 0 Å². The van der Waals surface area contributed by atoms with E-state index in [2.05, 4.69) is 24.1 Å². The van der Waals surface area contributed by atoms with Crippen molar-refractivity contribution in [3.63, 3.8) is 0 Å². The Hall–Kier alpha value is -2.34. The fraction of sp³-hybridized carbons (Fsp3) is 0.476. The summed E-state index contributed by atoms with van der Waals surface area (Å²) in [7, 11) is 0. The number of benzene rings is 1. The summed E-state index contributed by atoms with van der Waals surface area (Å²) in [5.41, 5.74) is -0.0861. The summed E-state index contributed by atoms with van der Waals surface area (Å²) in [4.78, 5) is 14.8. The summed E-state index contributed by atoms with van der Waals surface area (Å²) < 4.78 is 24.0. The molecule has 0 saturated carbocycles. The number of carbonyl (C=O) groups is 1. The van der Waals surface area contributed by atoms with Crippen molar-refractivity contribution in [3.05, 3.63) is 53.7 Å². The van der Waals surface area contributed by atoms with Gasteiger partial charge in [-0.05, 0) is 76.2 Å². The minimum absolute atomic E-state index is 0.0861. The van der Waals surface area contributed by atoms with Crippen LogP contribution in [-0.2, 0) is 6.61 Å². The Balaban J connectivity index is 1.49. The Morgan fingerprint density at radius 1 is 1.15 bits per heavy atom. The first-order valence-electron chi connectivity index (χ1n) is 9.44. The number of rotatable bonds is 7. The van der Waals surface area contributed by atoms with Gasteiger partial charge in [-0.15, -0.1) is 0 Å². The minimum atomic E-state index is -0.313. The molecule has 1 amide bonds. The lowest BCUT2D eigenvalue weighted by Crippen LogP contribution is -2.53. The third-order valence-electron chi connectivity index (χ3n) is 4.97. The zero-order chi connectivity index (χ0) is 19.3. The molecule has 27 heavy (non-hydrogen) atoms. The number of likely N-dealkylation sites (tertiary alicyclic amines) is 1. The highest BCUT2D eigenvalue weighted by molar-refractivity contribution is 5.91. The molecule has 1 aliphatic rings. The third kappa shape index (κ3) is 5.32. The molecule has 1 aromatic carbocycles. The van der Waals surface area contributed by atoms with E-state index in [1.165, 1.54) is 31.4 Å². The topological polar surface area (TPSA) is 54.7 Å². The van der Waals surface area contributed by atoms with Crippen LogP contribution >= 0.6 is 0 Å². The van der Waals surface area contributed by atoms with Crippen molar-refractivity contribution in [2.45, 2.75) is 45.3 Å².